The second-order valence-electron chi connectivity index (χ2n) is 1.86. The van der Waals surface area contributed by atoms with E-state index in [0.717, 1.165) is 0 Å². The molecular formula is C5H5F3N2O. The van der Waals surface area contributed by atoms with Crippen molar-refractivity contribution in [2.75, 3.05) is 0 Å². The van der Waals surface area contributed by atoms with E-state index in [4.69, 9.17) is 0 Å². The number of aryl methyl sites for hydroxylation is 1. The minimum atomic E-state index is -4.50. The number of nitrogens with zero attached hydrogens (tertiary/aromatic N) is 2. The van der Waals surface area contributed by atoms with Crippen LogP contribution in [0.25, 0.3) is 0 Å². The van der Waals surface area contributed by atoms with Gasteiger partial charge in [0.05, 0.1) is 0 Å². The summed E-state index contributed by atoms with van der Waals surface area (Å²) in [5.41, 5.74) is 0. The zero-order valence-corrected chi connectivity index (χ0v) is 5.64. The Morgan fingerprint density at radius 3 is 2.36 bits per heavy atom. The molecule has 1 heterocycles. The molecule has 11 heavy (non-hydrogen) atoms. The highest BCUT2D eigenvalue weighted by Crippen LogP contribution is 2.26. The molecular weight excluding hydrogens is 161 g/mol. The zero-order chi connectivity index (χ0) is 8.48. The summed E-state index contributed by atoms with van der Waals surface area (Å²) in [5.74, 6) is -1.22. The summed E-state index contributed by atoms with van der Waals surface area (Å²) < 4.78 is 39.5. The van der Waals surface area contributed by atoms with Crippen molar-refractivity contribution in [1.29, 1.82) is 0 Å². The van der Waals surface area contributed by atoms with E-state index < -0.39 is 12.0 Å². The van der Waals surface area contributed by atoms with E-state index in [2.05, 4.69) is 14.7 Å². The van der Waals surface area contributed by atoms with E-state index >= 15 is 0 Å². The molecule has 0 saturated carbocycles. The van der Waals surface area contributed by atoms with E-state index in [1.165, 1.54) is 0 Å². The fourth-order valence-electron chi connectivity index (χ4n) is 0.514. The molecule has 3 nitrogen and oxygen atoms in total. The monoisotopic (exact) mass is 166 g/mol. The summed E-state index contributed by atoms with van der Waals surface area (Å²) in [6.07, 6.45) is -4.19. The first-order valence-corrected chi connectivity index (χ1v) is 2.94. The topological polar surface area (TPSA) is 38.9 Å². The molecule has 0 aliphatic carbocycles. The molecule has 1 rings (SSSR count). The third-order valence-electron chi connectivity index (χ3n) is 1.02. The first-order chi connectivity index (χ1) is 5.04. The highest BCUT2D eigenvalue weighted by atomic mass is 19.4. The van der Waals surface area contributed by atoms with Gasteiger partial charge in [-0.1, -0.05) is 12.1 Å². The van der Waals surface area contributed by atoms with Crippen LogP contribution in [0.5, 0.6) is 0 Å². The Balaban J connectivity index is 2.89. The van der Waals surface area contributed by atoms with E-state index in [1.54, 1.807) is 6.92 Å². The molecule has 1 aromatic rings. The van der Waals surface area contributed by atoms with Gasteiger partial charge in [-0.2, -0.15) is 18.2 Å². The van der Waals surface area contributed by atoms with Crippen LogP contribution in [-0.2, 0) is 12.6 Å². The largest absolute Gasteiger partial charge is 0.455 e. The molecule has 0 aliphatic rings. The fraction of sp³-hybridized carbons (Fsp3) is 0.600. The third-order valence-corrected chi connectivity index (χ3v) is 1.02. The number of hydrogen-bond acceptors (Lipinski definition) is 3. The normalized spacial score (nSPS) is 12.0. The van der Waals surface area contributed by atoms with Crippen molar-refractivity contribution in [3.8, 4) is 0 Å². The quantitative estimate of drug-likeness (QED) is 0.636. The highest BCUT2D eigenvalue weighted by Gasteiger charge is 2.36. The third kappa shape index (κ3) is 1.69. The van der Waals surface area contributed by atoms with Crippen molar-refractivity contribution in [3.63, 3.8) is 0 Å². The lowest BCUT2D eigenvalue weighted by Gasteiger charge is -1.95. The number of rotatable bonds is 1. The van der Waals surface area contributed by atoms with Crippen LogP contribution in [-0.4, -0.2) is 10.1 Å². The van der Waals surface area contributed by atoms with E-state index in [1.807, 2.05) is 0 Å². The van der Waals surface area contributed by atoms with Crippen molar-refractivity contribution in [3.05, 3.63) is 11.7 Å². The van der Waals surface area contributed by atoms with Crippen LogP contribution in [0.1, 0.15) is 18.6 Å². The summed E-state index contributed by atoms with van der Waals surface area (Å²) in [6.45, 7) is 1.63. The van der Waals surface area contributed by atoms with Gasteiger partial charge < -0.3 is 4.52 Å². The van der Waals surface area contributed by atoms with Gasteiger partial charge in [0, 0.05) is 6.42 Å². The predicted octanol–water partition coefficient (Wildman–Crippen LogP) is 1.65. The molecule has 1 aromatic heterocycles. The van der Waals surface area contributed by atoms with Crippen LogP contribution < -0.4 is 0 Å². The summed E-state index contributed by atoms with van der Waals surface area (Å²) in [4.78, 5) is 3.10. The molecule has 0 unspecified atom stereocenters. The van der Waals surface area contributed by atoms with Gasteiger partial charge in [-0.05, 0) is 0 Å². The predicted molar refractivity (Wildman–Crippen MR) is 28.7 cm³/mol. The number of hydrogen-bond donors (Lipinski definition) is 0. The minimum absolute atomic E-state index is 0.00248. The molecule has 0 N–H and O–H groups in total. The Hall–Kier alpha value is -1.07. The van der Waals surface area contributed by atoms with Crippen molar-refractivity contribution < 1.29 is 17.7 Å². The van der Waals surface area contributed by atoms with Crippen molar-refractivity contribution in [1.82, 2.24) is 10.1 Å². The van der Waals surface area contributed by atoms with Gasteiger partial charge in [-0.3, -0.25) is 0 Å². The van der Waals surface area contributed by atoms with E-state index in [-0.39, 0.29) is 5.89 Å². The fourth-order valence-corrected chi connectivity index (χ4v) is 0.514. The van der Waals surface area contributed by atoms with Gasteiger partial charge in [-0.25, -0.2) is 0 Å². The van der Waals surface area contributed by atoms with Gasteiger partial charge in [0.2, 0.25) is 5.89 Å². The highest BCUT2D eigenvalue weighted by molar-refractivity contribution is 4.89. The van der Waals surface area contributed by atoms with Crippen LogP contribution in [0, 0.1) is 0 Å². The lowest BCUT2D eigenvalue weighted by atomic mass is 10.5. The molecule has 0 amide bonds. The van der Waals surface area contributed by atoms with Crippen LogP contribution in [0.2, 0.25) is 0 Å². The van der Waals surface area contributed by atoms with Crippen molar-refractivity contribution in [2.24, 2.45) is 0 Å². The maximum Gasteiger partial charge on any atom is 0.455 e. The second-order valence-corrected chi connectivity index (χ2v) is 1.86. The number of alkyl halides is 3. The zero-order valence-electron chi connectivity index (χ0n) is 5.64. The Morgan fingerprint density at radius 1 is 1.45 bits per heavy atom. The molecule has 0 radical (unpaired) electrons. The first-order valence-electron chi connectivity index (χ1n) is 2.94. The van der Waals surface area contributed by atoms with Crippen LogP contribution in [0.15, 0.2) is 4.52 Å². The van der Waals surface area contributed by atoms with Crippen molar-refractivity contribution in [2.45, 2.75) is 19.5 Å². The van der Waals surface area contributed by atoms with E-state index in [9.17, 15) is 13.2 Å². The van der Waals surface area contributed by atoms with Gasteiger partial charge >= 0.3 is 6.18 Å². The smallest absolute Gasteiger partial charge is 0.339 e. The average molecular weight is 166 g/mol. The molecule has 0 spiro atoms. The standard InChI is InChI=1S/C5H5F3N2O/c1-2-3-9-4(10-11-3)5(6,7)8/h2H2,1H3. The van der Waals surface area contributed by atoms with Gasteiger partial charge in [0.15, 0.2) is 0 Å². The first kappa shape index (κ1) is 8.03. The van der Waals surface area contributed by atoms with Gasteiger partial charge in [0.25, 0.3) is 5.82 Å². The molecule has 0 bridgehead atoms. The summed E-state index contributed by atoms with van der Waals surface area (Å²) in [7, 11) is 0. The van der Waals surface area contributed by atoms with Gasteiger partial charge in [0.1, 0.15) is 0 Å². The Labute approximate surface area is 60.2 Å². The van der Waals surface area contributed by atoms with E-state index in [0.29, 0.717) is 6.42 Å². The number of aromatic nitrogens is 2. The van der Waals surface area contributed by atoms with Crippen molar-refractivity contribution >= 4 is 0 Å². The maximum absolute atomic E-state index is 11.8. The molecule has 0 aromatic carbocycles. The molecule has 0 saturated heterocycles. The molecule has 0 atom stereocenters. The molecule has 0 fully saturated rings. The Morgan fingerprint density at radius 2 is 2.09 bits per heavy atom. The average Bonchev–Trinajstić information content (AvgIpc) is 2.32. The summed E-state index contributed by atoms with van der Waals surface area (Å²) in [6, 6.07) is 0. The lowest BCUT2D eigenvalue weighted by molar-refractivity contribution is -0.146. The van der Waals surface area contributed by atoms with Crippen LogP contribution in [0.4, 0.5) is 13.2 Å². The van der Waals surface area contributed by atoms with Crippen LogP contribution in [0.3, 0.4) is 0 Å². The Kier molecular flexibility index (Phi) is 1.84. The molecule has 0 aliphatic heterocycles. The summed E-state index contributed by atoms with van der Waals surface area (Å²) in [5, 5.41) is 2.75. The molecule has 62 valence electrons. The van der Waals surface area contributed by atoms with Crippen LogP contribution >= 0.6 is 0 Å². The maximum atomic E-state index is 11.8. The second kappa shape index (κ2) is 2.52. The SMILES string of the molecule is CCc1nc(C(F)(F)F)no1. The Bertz CT molecular complexity index is 242. The van der Waals surface area contributed by atoms with Gasteiger partial charge in [-0.15, -0.1) is 0 Å². The summed E-state index contributed by atoms with van der Waals surface area (Å²) >= 11 is 0. The molecule has 6 heteroatoms. The minimum Gasteiger partial charge on any atom is -0.339 e. The lowest BCUT2D eigenvalue weighted by Crippen LogP contribution is -2.07. The number of halogens is 3.